The van der Waals surface area contributed by atoms with E-state index in [2.05, 4.69) is 10.6 Å². The van der Waals surface area contributed by atoms with Crippen molar-refractivity contribution in [1.82, 2.24) is 4.90 Å². The van der Waals surface area contributed by atoms with Gasteiger partial charge in [-0.15, -0.1) is 0 Å². The van der Waals surface area contributed by atoms with E-state index < -0.39 is 29.4 Å². The fourth-order valence-electron chi connectivity index (χ4n) is 2.99. The number of nitrogens with one attached hydrogen (secondary N) is 2. The predicted molar refractivity (Wildman–Crippen MR) is 110 cm³/mol. The van der Waals surface area contributed by atoms with Gasteiger partial charge in [0.15, 0.2) is 0 Å². The first kappa shape index (κ1) is 21.5. The molecule has 0 atom stereocenters. The Morgan fingerprint density at radius 3 is 2.48 bits per heavy atom. The summed E-state index contributed by atoms with van der Waals surface area (Å²) in [7, 11) is 0. The van der Waals surface area contributed by atoms with Crippen molar-refractivity contribution in [1.29, 1.82) is 0 Å². The number of carboxylic acids is 1. The van der Waals surface area contributed by atoms with E-state index in [0.29, 0.717) is 11.3 Å². The van der Waals surface area contributed by atoms with Crippen molar-refractivity contribution in [2.24, 2.45) is 0 Å². The number of carboxylic acid groups (broad SMARTS) is 1. The molecule has 3 amide bonds. The number of β-amino-alcohol motifs (C(OH)–C–C–N with tert-alkyl or cyclic N) is 1. The number of carbonyl (C=O) groups excluding carboxylic acids is 3. The largest absolute Gasteiger partial charge is 0.507 e. The van der Waals surface area contributed by atoms with E-state index in [0.717, 1.165) is 17.0 Å². The molecule has 0 fully saturated rings. The second-order valence-corrected chi connectivity index (χ2v) is 6.72. The van der Waals surface area contributed by atoms with Gasteiger partial charge in [-0.25, -0.2) is 4.79 Å². The Morgan fingerprint density at radius 1 is 1.10 bits per heavy atom. The van der Waals surface area contributed by atoms with Crippen LogP contribution in [0.4, 0.5) is 11.4 Å². The summed E-state index contributed by atoms with van der Waals surface area (Å²) in [5.41, 5.74) is 1.32. The normalized spacial score (nSPS) is 13.2. The van der Waals surface area contributed by atoms with Crippen LogP contribution in [0, 0.1) is 6.92 Å². The molecule has 31 heavy (non-hydrogen) atoms. The van der Waals surface area contributed by atoms with E-state index in [1.165, 1.54) is 18.2 Å². The standard InChI is InChI=1S/C21H19N3O7/c1-11-8-12(19(28)22-13-3-5-17(26)14(9-13)21(30)31)2-4-15(11)23-16-10-18(27)24(6-7-25)20(16)29/h2-5,8-10,23,25-26H,6-7H2,1H3,(H,22,28)(H,30,31). The quantitative estimate of drug-likeness (QED) is 0.328. The molecule has 0 aromatic heterocycles. The summed E-state index contributed by atoms with van der Waals surface area (Å²) in [5.74, 6) is -3.32. The number of amides is 3. The molecule has 10 nitrogen and oxygen atoms in total. The number of phenols is 1. The highest BCUT2D eigenvalue weighted by molar-refractivity contribution is 6.17. The van der Waals surface area contributed by atoms with Gasteiger partial charge in [0.2, 0.25) is 0 Å². The summed E-state index contributed by atoms with van der Waals surface area (Å²) in [5, 5.41) is 33.0. The summed E-state index contributed by atoms with van der Waals surface area (Å²) in [6.45, 7) is 1.27. The molecule has 0 saturated carbocycles. The van der Waals surface area contributed by atoms with Gasteiger partial charge in [0.05, 0.1) is 13.2 Å². The summed E-state index contributed by atoms with van der Waals surface area (Å²) in [4.78, 5) is 48.6. The minimum Gasteiger partial charge on any atom is -0.507 e. The van der Waals surface area contributed by atoms with Gasteiger partial charge in [0.1, 0.15) is 17.0 Å². The number of rotatable bonds is 7. The van der Waals surface area contributed by atoms with Gasteiger partial charge < -0.3 is 26.0 Å². The van der Waals surface area contributed by atoms with Crippen molar-refractivity contribution in [3.8, 4) is 5.75 Å². The number of aliphatic hydroxyl groups is 1. The molecule has 2 aromatic rings. The van der Waals surface area contributed by atoms with Crippen LogP contribution in [0.3, 0.4) is 0 Å². The molecule has 0 radical (unpaired) electrons. The maximum absolute atomic E-state index is 12.5. The number of nitrogens with zero attached hydrogens (tertiary/aromatic N) is 1. The molecular formula is C21H19N3O7. The highest BCUT2D eigenvalue weighted by atomic mass is 16.4. The molecule has 0 spiro atoms. The Kier molecular flexibility index (Phi) is 6.02. The van der Waals surface area contributed by atoms with Crippen LogP contribution in [0.25, 0.3) is 0 Å². The topological polar surface area (TPSA) is 156 Å². The zero-order valence-corrected chi connectivity index (χ0v) is 16.4. The third kappa shape index (κ3) is 4.54. The van der Waals surface area contributed by atoms with Crippen LogP contribution in [0.15, 0.2) is 48.2 Å². The van der Waals surface area contributed by atoms with Crippen molar-refractivity contribution in [3.05, 3.63) is 64.9 Å². The maximum atomic E-state index is 12.5. The Labute approximate surface area is 176 Å². The van der Waals surface area contributed by atoms with Crippen LogP contribution in [0.1, 0.15) is 26.3 Å². The third-order valence-electron chi connectivity index (χ3n) is 4.58. The van der Waals surface area contributed by atoms with E-state index >= 15 is 0 Å². The summed E-state index contributed by atoms with van der Waals surface area (Å²) >= 11 is 0. The van der Waals surface area contributed by atoms with E-state index in [9.17, 15) is 24.3 Å². The highest BCUT2D eigenvalue weighted by Gasteiger charge is 2.30. The molecule has 10 heteroatoms. The second kappa shape index (κ2) is 8.67. The number of aromatic carboxylic acids is 1. The molecule has 2 aromatic carbocycles. The molecule has 1 aliphatic rings. The lowest BCUT2D eigenvalue weighted by Crippen LogP contribution is -2.34. The lowest BCUT2D eigenvalue weighted by Gasteiger charge is -2.15. The molecular weight excluding hydrogens is 406 g/mol. The van der Waals surface area contributed by atoms with Crippen LogP contribution in [0.5, 0.6) is 5.75 Å². The Morgan fingerprint density at radius 2 is 1.84 bits per heavy atom. The van der Waals surface area contributed by atoms with Crippen LogP contribution >= 0.6 is 0 Å². The van der Waals surface area contributed by atoms with E-state index in [-0.39, 0.29) is 35.7 Å². The number of carbonyl (C=O) groups is 4. The third-order valence-corrected chi connectivity index (χ3v) is 4.58. The molecule has 0 bridgehead atoms. The van der Waals surface area contributed by atoms with Gasteiger partial charge in [-0.3, -0.25) is 19.3 Å². The molecule has 1 heterocycles. The predicted octanol–water partition coefficient (Wildman–Crippen LogP) is 1.31. The lowest BCUT2D eigenvalue weighted by molar-refractivity contribution is -0.137. The fourth-order valence-corrected chi connectivity index (χ4v) is 2.99. The van der Waals surface area contributed by atoms with Crippen LogP contribution in [0.2, 0.25) is 0 Å². The summed E-state index contributed by atoms with van der Waals surface area (Å²) in [6, 6.07) is 8.31. The van der Waals surface area contributed by atoms with Crippen molar-refractivity contribution in [3.63, 3.8) is 0 Å². The summed E-state index contributed by atoms with van der Waals surface area (Å²) < 4.78 is 0. The maximum Gasteiger partial charge on any atom is 0.339 e. The number of benzene rings is 2. The number of aliphatic hydroxyl groups excluding tert-OH is 1. The Balaban J connectivity index is 1.74. The van der Waals surface area contributed by atoms with Crippen LogP contribution in [-0.2, 0) is 9.59 Å². The zero-order valence-electron chi connectivity index (χ0n) is 16.4. The monoisotopic (exact) mass is 425 g/mol. The van der Waals surface area contributed by atoms with Gasteiger partial charge in [0.25, 0.3) is 17.7 Å². The van der Waals surface area contributed by atoms with Crippen LogP contribution < -0.4 is 10.6 Å². The van der Waals surface area contributed by atoms with Gasteiger partial charge >= 0.3 is 5.97 Å². The van der Waals surface area contributed by atoms with E-state index in [1.807, 2.05) is 0 Å². The Bertz CT molecular complexity index is 1120. The number of aromatic hydroxyl groups is 1. The van der Waals surface area contributed by atoms with E-state index in [1.54, 1.807) is 19.1 Å². The fraction of sp³-hybridized carbons (Fsp3) is 0.143. The van der Waals surface area contributed by atoms with Gasteiger partial charge in [-0.1, -0.05) is 0 Å². The first-order valence-electron chi connectivity index (χ1n) is 9.15. The minimum absolute atomic E-state index is 0.0593. The Hall–Kier alpha value is -4.18. The van der Waals surface area contributed by atoms with Crippen molar-refractivity contribution in [2.45, 2.75) is 6.92 Å². The average Bonchev–Trinajstić information content (AvgIpc) is 2.98. The zero-order chi connectivity index (χ0) is 22.7. The van der Waals surface area contributed by atoms with Crippen molar-refractivity contribution in [2.75, 3.05) is 23.8 Å². The second-order valence-electron chi connectivity index (χ2n) is 6.72. The molecule has 5 N–H and O–H groups in total. The number of hydrogen-bond donors (Lipinski definition) is 5. The average molecular weight is 425 g/mol. The minimum atomic E-state index is -1.33. The van der Waals surface area contributed by atoms with E-state index in [4.69, 9.17) is 10.2 Å². The number of imide groups is 1. The number of aryl methyl sites for hydroxylation is 1. The SMILES string of the molecule is Cc1cc(C(=O)Nc2ccc(O)c(C(=O)O)c2)ccc1NC1=CC(=O)N(CCO)C1=O. The molecule has 1 aliphatic heterocycles. The lowest BCUT2D eigenvalue weighted by atomic mass is 10.1. The molecule has 0 unspecified atom stereocenters. The van der Waals surface area contributed by atoms with Gasteiger partial charge in [-0.2, -0.15) is 0 Å². The smallest absolute Gasteiger partial charge is 0.339 e. The van der Waals surface area contributed by atoms with Gasteiger partial charge in [-0.05, 0) is 48.9 Å². The first-order valence-corrected chi connectivity index (χ1v) is 9.15. The molecule has 160 valence electrons. The van der Waals surface area contributed by atoms with Crippen molar-refractivity contribution < 1.29 is 34.5 Å². The van der Waals surface area contributed by atoms with Gasteiger partial charge in [0, 0.05) is 23.0 Å². The van der Waals surface area contributed by atoms with Crippen molar-refractivity contribution >= 4 is 35.1 Å². The van der Waals surface area contributed by atoms with Crippen LogP contribution in [-0.4, -0.2) is 57.1 Å². The first-order chi connectivity index (χ1) is 14.7. The molecule has 0 saturated heterocycles. The molecule has 3 rings (SSSR count). The summed E-state index contributed by atoms with van der Waals surface area (Å²) in [6.07, 6.45) is 1.14. The molecule has 0 aliphatic carbocycles. The number of anilines is 2. The highest BCUT2D eigenvalue weighted by Crippen LogP contribution is 2.24. The number of hydrogen-bond acceptors (Lipinski definition) is 7.